The van der Waals surface area contributed by atoms with Gasteiger partial charge in [0, 0.05) is 19.6 Å². The average Bonchev–Trinajstić information content (AvgIpc) is 2.68. The van der Waals surface area contributed by atoms with Crippen molar-refractivity contribution in [1.82, 2.24) is 20.4 Å². The molecule has 0 aromatic carbocycles. The summed E-state index contributed by atoms with van der Waals surface area (Å²) in [5, 5.41) is 11.4. The van der Waals surface area contributed by atoms with Crippen LogP contribution in [0.1, 0.15) is 6.42 Å². The number of carbonyl (C=O) groups excluding carboxylic acids is 1. The molecule has 1 aliphatic heterocycles. The number of nitrogens with one attached hydrogen (secondary N) is 1. The van der Waals surface area contributed by atoms with Gasteiger partial charge in [0.05, 0.1) is 5.75 Å². The van der Waals surface area contributed by atoms with Crippen LogP contribution in [-0.2, 0) is 4.79 Å². The van der Waals surface area contributed by atoms with E-state index in [0.29, 0.717) is 5.75 Å². The van der Waals surface area contributed by atoms with Crippen molar-refractivity contribution in [2.75, 3.05) is 38.2 Å². The first-order valence-electron chi connectivity index (χ1n) is 5.78. The maximum absolute atomic E-state index is 12.0. The summed E-state index contributed by atoms with van der Waals surface area (Å²) in [6.45, 7) is 3.57. The van der Waals surface area contributed by atoms with Crippen molar-refractivity contribution in [2.24, 2.45) is 0 Å². The third-order valence-corrected chi connectivity index (χ3v) is 5.59. The zero-order chi connectivity index (χ0) is 12.8. The van der Waals surface area contributed by atoms with E-state index in [1.54, 1.807) is 23.1 Å². The SMILES string of the molecule is CSc1nnc(SCC(=O)N2CCCNCC2)s1. The second-order valence-corrected chi connectivity index (χ2v) is 7.06. The Morgan fingerprint density at radius 1 is 1.39 bits per heavy atom. The zero-order valence-electron chi connectivity index (χ0n) is 10.2. The minimum atomic E-state index is 0.199. The molecule has 18 heavy (non-hydrogen) atoms. The molecule has 0 radical (unpaired) electrons. The second kappa shape index (κ2) is 7.32. The Hall–Kier alpha value is -0.310. The molecule has 2 heterocycles. The van der Waals surface area contributed by atoms with Crippen LogP contribution in [0.2, 0.25) is 0 Å². The second-order valence-electron chi connectivity index (χ2n) is 3.81. The third kappa shape index (κ3) is 4.11. The van der Waals surface area contributed by atoms with Crippen molar-refractivity contribution in [2.45, 2.75) is 15.1 Å². The van der Waals surface area contributed by atoms with Gasteiger partial charge >= 0.3 is 0 Å². The van der Waals surface area contributed by atoms with E-state index in [0.717, 1.165) is 41.3 Å². The Labute approximate surface area is 119 Å². The summed E-state index contributed by atoms with van der Waals surface area (Å²) < 4.78 is 1.82. The summed E-state index contributed by atoms with van der Waals surface area (Å²) in [5.41, 5.74) is 0. The predicted molar refractivity (Wildman–Crippen MR) is 76.5 cm³/mol. The first kappa shape index (κ1) is 14.1. The fraction of sp³-hybridized carbons (Fsp3) is 0.700. The van der Waals surface area contributed by atoms with E-state index >= 15 is 0 Å². The summed E-state index contributed by atoms with van der Waals surface area (Å²) >= 11 is 4.61. The molecular formula is C10H16N4OS3. The predicted octanol–water partition coefficient (Wildman–Crippen LogP) is 1.17. The van der Waals surface area contributed by atoms with E-state index in [1.807, 2.05) is 11.2 Å². The lowest BCUT2D eigenvalue weighted by molar-refractivity contribution is -0.128. The van der Waals surface area contributed by atoms with E-state index in [-0.39, 0.29) is 5.91 Å². The van der Waals surface area contributed by atoms with Crippen LogP contribution in [0.15, 0.2) is 8.68 Å². The Morgan fingerprint density at radius 3 is 3.00 bits per heavy atom. The lowest BCUT2D eigenvalue weighted by Crippen LogP contribution is -2.35. The lowest BCUT2D eigenvalue weighted by atomic mass is 10.4. The number of rotatable bonds is 4. The summed E-state index contributed by atoms with van der Waals surface area (Å²) in [4.78, 5) is 14.0. The highest BCUT2D eigenvalue weighted by molar-refractivity contribution is 8.03. The van der Waals surface area contributed by atoms with Gasteiger partial charge < -0.3 is 10.2 Å². The first-order valence-corrected chi connectivity index (χ1v) is 8.81. The van der Waals surface area contributed by atoms with Gasteiger partial charge in [0.2, 0.25) is 5.91 Å². The Kier molecular flexibility index (Phi) is 5.74. The van der Waals surface area contributed by atoms with Gasteiger partial charge in [0.25, 0.3) is 0 Å². The van der Waals surface area contributed by atoms with Crippen molar-refractivity contribution in [1.29, 1.82) is 0 Å². The van der Waals surface area contributed by atoms with Crippen molar-refractivity contribution in [3.8, 4) is 0 Å². The van der Waals surface area contributed by atoms with Crippen LogP contribution >= 0.6 is 34.9 Å². The van der Waals surface area contributed by atoms with Gasteiger partial charge in [-0.1, -0.05) is 34.9 Å². The normalized spacial score (nSPS) is 16.6. The van der Waals surface area contributed by atoms with Crippen LogP contribution in [0.5, 0.6) is 0 Å². The number of carbonyl (C=O) groups is 1. The molecule has 0 atom stereocenters. The monoisotopic (exact) mass is 304 g/mol. The number of hydrogen-bond acceptors (Lipinski definition) is 7. The minimum Gasteiger partial charge on any atom is -0.341 e. The quantitative estimate of drug-likeness (QED) is 0.843. The molecule has 1 amide bonds. The summed E-state index contributed by atoms with van der Waals surface area (Å²) in [6, 6.07) is 0. The van der Waals surface area contributed by atoms with Crippen LogP contribution in [0.25, 0.3) is 0 Å². The van der Waals surface area contributed by atoms with Crippen molar-refractivity contribution in [3.05, 3.63) is 0 Å². The van der Waals surface area contributed by atoms with Gasteiger partial charge in [-0.15, -0.1) is 10.2 Å². The fourth-order valence-electron chi connectivity index (χ4n) is 1.65. The highest BCUT2D eigenvalue weighted by atomic mass is 32.2. The molecule has 1 fully saturated rings. The maximum atomic E-state index is 12.0. The highest BCUT2D eigenvalue weighted by Crippen LogP contribution is 2.27. The molecule has 0 saturated carbocycles. The molecule has 0 unspecified atom stereocenters. The van der Waals surface area contributed by atoms with E-state index in [4.69, 9.17) is 0 Å². The number of amides is 1. The van der Waals surface area contributed by atoms with Crippen LogP contribution in [0, 0.1) is 0 Å². The first-order chi connectivity index (χ1) is 8.79. The van der Waals surface area contributed by atoms with Gasteiger partial charge in [0.15, 0.2) is 8.68 Å². The minimum absolute atomic E-state index is 0.199. The number of thioether (sulfide) groups is 2. The molecule has 1 N–H and O–H groups in total. The number of aromatic nitrogens is 2. The Bertz CT molecular complexity index is 390. The summed E-state index contributed by atoms with van der Waals surface area (Å²) in [5.74, 6) is 0.660. The molecule has 0 spiro atoms. The molecule has 0 aliphatic carbocycles. The molecule has 100 valence electrons. The van der Waals surface area contributed by atoms with E-state index in [9.17, 15) is 4.79 Å². The van der Waals surface area contributed by atoms with Gasteiger partial charge in [-0.05, 0) is 19.2 Å². The molecule has 1 aromatic heterocycles. The smallest absolute Gasteiger partial charge is 0.233 e. The highest BCUT2D eigenvalue weighted by Gasteiger charge is 2.16. The molecular weight excluding hydrogens is 288 g/mol. The van der Waals surface area contributed by atoms with Crippen molar-refractivity contribution in [3.63, 3.8) is 0 Å². The molecule has 0 bridgehead atoms. The van der Waals surface area contributed by atoms with Crippen LogP contribution < -0.4 is 5.32 Å². The van der Waals surface area contributed by atoms with Crippen LogP contribution in [0.3, 0.4) is 0 Å². The Balaban J connectivity index is 1.79. The maximum Gasteiger partial charge on any atom is 0.233 e. The van der Waals surface area contributed by atoms with Gasteiger partial charge in [-0.2, -0.15) is 0 Å². The molecule has 2 rings (SSSR count). The van der Waals surface area contributed by atoms with Crippen molar-refractivity contribution >= 4 is 40.8 Å². The molecule has 1 aromatic rings. The topological polar surface area (TPSA) is 58.1 Å². The van der Waals surface area contributed by atoms with Crippen molar-refractivity contribution < 1.29 is 4.79 Å². The van der Waals surface area contributed by atoms with Gasteiger partial charge in [0.1, 0.15) is 0 Å². The third-order valence-electron chi connectivity index (χ3n) is 2.57. The fourth-order valence-corrected chi connectivity index (χ4v) is 3.99. The largest absolute Gasteiger partial charge is 0.341 e. The summed E-state index contributed by atoms with van der Waals surface area (Å²) in [7, 11) is 0. The molecule has 1 aliphatic rings. The molecule has 5 nitrogen and oxygen atoms in total. The number of nitrogens with zero attached hydrogens (tertiary/aromatic N) is 3. The van der Waals surface area contributed by atoms with E-state index < -0.39 is 0 Å². The standard InChI is InChI=1S/C10H16N4OS3/c1-16-9-12-13-10(18-9)17-7-8(15)14-5-2-3-11-4-6-14/h11H,2-7H2,1H3. The molecule has 8 heteroatoms. The zero-order valence-corrected chi connectivity index (χ0v) is 12.7. The lowest BCUT2D eigenvalue weighted by Gasteiger charge is -2.19. The van der Waals surface area contributed by atoms with E-state index in [1.165, 1.54) is 11.8 Å². The molecule has 1 saturated heterocycles. The van der Waals surface area contributed by atoms with Gasteiger partial charge in [-0.3, -0.25) is 4.79 Å². The summed E-state index contributed by atoms with van der Waals surface area (Å²) in [6.07, 6.45) is 3.01. The average molecular weight is 304 g/mol. The van der Waals surface area contributed by atoms with E-state index in [2.05, 4.69) is 15.5 Å². The van der Waals surface area contributed by atoms with Crippen LogP contribution in [0.4, 0.5) is 0 Å². The van der Waals surface area contributed by atoms with Crippen LogP contribution in [-0.4, -0.2) is 59.2 Å². The van der Waals surface area contributed by atoms with Gasteiger partial charge in [-0.25, -0.2) is 0 Å². The number of hydrogen-bond donors (Lipinski definition) is 1. The Morgan fingerprint density at radius 2 is 2.22 bits per heavy atom.